The Kier molecular flexibility index (Phi) is 4.63. The van der Waals surface area contributed by atoms with Crippen LogP contribution in [-0.2, 0) is 0 Å². The van der Waals surface area contributed by atoms with Gasteiger partial charge in [-0.1, -0.05) is 30.3 Å². The largest absolute Gasteiger partial charge is 0.438 e. The molecule has 6 nitrogen and oxygen atoms in total. The van der Waals surface area contributed by atoms with Gasteiger partial charge in [0.05, 0.1) is 0 Å². The monoisotopic (exact) mass is 373 g/mol. The number of aromatic nitrogens is 4. The molecule has 0 spiro atoms. The van der Waals surface area contributed by atoms with Gasteiger partial charge >= 0.3 is 0 Å². The van der Waals surface area contributed by atoms with Gasteiger partial charge < -0.3 is 10.5 Å². The second-order valence-corrected chi connectivity index (χ2v) is 6.06. The van der Waals surface area contributed by atoms with Gasteiger partial charge in [0.1, 0.15) is 17.4 Å². The third-order valence-electron chi connectivity index (χ3n) is 4.11. The quantitative estimate of drug-likeness (QED) is 0.570. The minimum absolute atomic E-state index is 0.145. The van der Waals surface area contributed by atoms with Gasteiger partial charge in [-0.05, 0) is 24.6 Å². The van der Waals surface area contributed by atoms with E-state index in [1.807, 2.05) is 30.3 Å². The number of aryl methyl sites for hydroxylation is 1. The number of ether oxygens (including phenoxy) is 1. The van der Waals surface area contributed by atoms with E-state index in [-0.39, 0.29) is 5.95 Å². The van der Waals surface area contributed by atoms with E-state index in [4.69, 9.17) is 10.5 Å². The van der Waals surface area contributed by atoms with Crippen molar-refractivity contribution in [3.05, 3.63) is 78.8 Å². The van der Waals surface area contributed by atoms with Crippen LogP contribution in [0.4, 0.5) is 10.3 Å². The average Bonchev–Trinajstić information content (AvgIpc) is 2.69. The Bertz CT molecular complexity index is 1130. The number of para-hydroxylation sites is 1. The van der Waals surface area contributed by atoms with Gasteiger partial charge in [-0.3, -0.25) is 0 Å². The Morgan fingerprint density at radius 3 is 2.43 bits per heavy atom. The van der Waals surface area contributed by atoms with Crippen LogP contribution in [0.5, 0.6) is 11.6 Å². The van der Waals surface area contributed by atoms with Gasteiger partial charge in [-0.25, -0.2) is 19.3 Å². The van der Waals surface area contributed by atoms with E-state index in [9.17, 15) is 4.39 Å². The minimum Gasteiger partial charge on any atom is -0.438 e. The first-order valence-electron chi connectivity index (χ1n) is 8.54. The molecule has 0 saturated carbocycles. The van der Waals surface area contributed by atoms with Gasteiger partial charge in [0.25, 0.3) is 0 Å². The summed E-state index contributed by atoms with van der Waals surface area (Å²) in [4.78, 5) is 16.1. The number of anilines is 1. The fourth-order valence-electron chi connectivity index (χ4n) is 2.79. The molecule has 0 saturated heterocycles. The third-order valence-corrected chi connectivity index (χ3v) is 4.11. The lowest BCUT2D eigenvalue weighted by Gasteiger charge is -2.12. The predicted octanol–water partition coefficient (Wildman–Crippen LogP) is 4.42. The summed E-state index contributed by atoms with van der Waals surface area (Å²) < 4.78 is 20.7. The highest BCUT2D eigenvalue weighted by molar-refractivity contribution is 5.74. The summed E-state index contributed by atoms with van der Waals surface area (Å²) in [6, 6.07) is 14.0. The van der Waals surface area contributed by atoms with E-state index in [1.165, 1.54) is 18.5 Å². The molecule has 2 heterocycles. The minimum atomic E-state index is -0.390. The summed E-state index contributed by atoms with van der Waals surface area (Å²) >= 11 is 0. The molecule has 28 heavy (non-hydrogen) atoms. The molecule has 138 valence electrons. The van der Waals surface area contributed by atoms with Gasteiger partial charge in [0.15, 0.2) is 0 Å². The number of hydrogen-bond acceptors (Lipinski definition) is 6. The van der Waals surface area contributed by atoms with E-state index >= 15 is 0 Å². The second-order valence-electron chi connectivity index (χ2n) is 6.06. The SMILES string of the molecule is Cc1nccc(Oc2ccccc2-c2ccc(-c3cnc(N)nc3)c(F)c2)n1. The van der Waals surface area contributed by atoms with Crippen molar-refractivity contribution in [2.75, 3.05) is 5.73 Å². The second kappa shape index (κ2) is 7.40. The van der Waals surface area contributed by atoms with Crippen LogP contribution in [0.1, 0.15) is 5.82 Å². The average molecular weight is 373 g/mol. The highest BCUT2D eigenvalue weighted by Crippen LogP contribution is 2.34. The zero-order valence-electron chi connectivity index (χ0n) is 15.0. The van der Waals surface area contributed by atoms with E-state index in [0.29, 0.717) is 34.1 Å². The standard InChI is InChI=1S/C21H16FN5O/c1-13-24-9-8-20(27-13)28-19-5-3-2-4-17(19)14-6-7-16(18(22)10-14)15-11-25-21(23)26-12-15/h2-12H,1H3,(H2,23,25,26). The van der Waals surface area contributed by atoms with Crippen LogP contribution in [0.3, 0.4) is 0 Å². The lowest BCUT2D eigenvalue weighted by molar-refractivity contribution is 0.461. The van der Waals surface area contributed by atoms with Gasteiger partial charge in [0.2, 0.25) is 11.8 Å². The van der Waals surface area contributed by atoms with Crippen LogP contribution in [0.2, 0.25) is 0 Å². The molecular formula is C21H16FN5O. The molecule has 7 heteroatoms. The van der Waals surface area contributed by atoms with Crippen molar-refractivity contribution in [3.63, 3.8) is 0 Å². The van der Waals surface area contributed by atoms with Crippen LogP contribution in [-0.4, -0.2) is 19.9 Å². The van der Waals surface area contributed by atoms with Crippen molar-refractivity contribution in [2.24, 2.45) is 0 Å². The molecule has 2 aromatic heterocycles. The van der Waals surface area contributed by atoms with Crippen molar-refractivity contribution in [1.29, 1.82) is 0 Å². The molecule has 4 aromatic rings. The molecule has 0 aliphatic rings. The lowest BCUT2D eigenvalue weighted by atomic mass is 10.0. The van der Waals surface area contributed by atoms with Crippen molar-refractivity contribution < 1.29 is 9.13 Å². The normalized spacial score (nSPS) is 10.6. The molecular weight excluding hydrogens is 357 g/mol. The van der Waals surface area contributed by atoms with Crippen molar-refractivity contribution in [3.8, 4) is 33.9 Å². The number of nitrogens with zero attached hydrogens (tertiary/aromatic N) is 4. The highest BCUT2D eigenvalue weighted by atomic mass is 19.1. The summed E-state index contributed by atoms with van der Waals surface area (Å²) in [7, 11) is 0. The predicted molar refractivity (Wildman–Crippen MR) is 104 cm³/mol. The maximum absolute atomic E-state index is 14.8. The molecule has 2 N–H and O–H groups in total. The Morgan fingerprint density at radius 1 is 0.893 bits per heavy atom. The molecule has 0 bridgehead atoms. The number of rotatable bonds is 4. The first-order valence-corrected chi connectivity index (χ1v) is 8.54. The number of nitrogen functional groups attached to an aromatic ring is 1. The van der Waals surface area contributed by atoms with Crippen molar-refractivity contribution in [2.45, 2.75) is 6.92 Å². The molecule has 0 amide bonds. The Morgan fingerprint density at radius 2 is 1.68 bits per heavy atom. The number of halogens is 1. The zero-order chi connectivity index (χ0) is 19.5. The fraction of sp³-hybridized carbons (Fsp3) is 0.0476. The lowest BCUT2D eigenvalue weighted by Crippen LogP contribution is -1.95. The van der Waals surface area contributed by atoms with E-state index in [0.717, 1.165) is 5.56 Å². The van der Waals surface area contributed by atoms with Gasteiger partial charge in [-0.15, -0.1) is 0 Å². The summed E-state index contributed by atoms with van der Waals surface area (Å²) in [5.74, 6) is 1.36. The number of hydrogen-bond donors (Lipinski definition) is 1. The van der Waals surface area contributed by atoms with Crippen LogP contribution >= 0.6 is 0 Å². The van der Waals surface area contributed by atoms with Crippen LogP contribution in [0, 0.1) is 12.7 Å². The molecule has 0 atom stereocenters. The first kappa shape index (κ1) is 17.5. The first-order chi connectivity index (χ1) is 13.6. The van der Waals surface area contributed by atoms with E-state index in [1.54, 1.807) is 25.3 Å². The van der Waals surface area contributed by atoms with Crippen molar-refractivity contribution >= 4 is 5.95 Å². The molecule has 2 aromatic carbocycles. The molecule has 0 aliphatic heterocycles. The molecule has 0 radical (unpaired) electrons. The smallest absolute Gasteiger partial charge is 0.222 e. The molecule has 0 fully saturated rings. The maximum atomic E-state index is 14.8. The topological polar surface area (TPSA) is 86.8 Å². The third kappa shape index (κ3) is 3.64. The fourth-order valence-corrected chi connectivity index (χ4v) is 2.79. The zero-order valence-corrected chi connectivity index (χ0v) is 15.0. The number of benzene rings is 2. The van der Waals surface area contributed by atoms with Crippen LogP contribution in [0.15, 0.2) is 67.1 Å². The summed E-state index contributed by atoms with van der Waals surface area (Å²) in [6.45, 7) is 1.79. The maximum Gasteiger partial charge on any atom is 0.222 e. The molecule has 0 aliphatic carbocycles. The number of nitrogens with two attached hydrogens (primary N) is 1. The van der Waals surface area contributed by atoms with Gasteiger partial charge in [-0.2, -0.15) is 4.98 Å². The Labute approximate surface area is 160 Å². The van der Waals surface area contributed by atoms with E-state index < -0.39 is 5.82 Å². The highest BCUT2D eigenvalue weighted by Gasteiger charge is 2.12. The summed E-state index contributed by atoms with van der Waals surface area (Å²) in [5.41, 5.74) is 7.87. The van der Waals surface area contributed by atoms with Crippen LogP contribution < -0.4 is 10.5 Å². The Hall–Kier alpha value is -3.87. The molecule has 4 rings (SSSR count). The molecule has 0 unspecified atom stereocenters. The Balaban J connectivity index is 1.70. The van der Waals surface area contributed by atoms with Crippen molar-refractivity contribution in [1.82, 2.24) is 19.9 Å². The summed E-state index contributed by atoms with van der Waals surface area (Å²) in [5, 5.41) is 0. The van der Waals surface area contributed by atoms with Crippen LogP contribution in [0.25, 0.3) is 22.3 Å². The summed E-state index contributed by atoms with van der Waals surface area (Å²) in [6.07, 6.45) is 4.62. The van der Waals surface area contributed by atoms with E-state index in [2.05, 4.69) is 19.9 Å². The van der Waals surface area contributed by atoms with Gasteiger partial charge in [0, 0.05) is 41.3 Å².